The Morgan fingerprint density at radius 1 is 1.75 bits per heavy atom. The van der Waals surface area contributed by atoms with Gasteiger partial charge in [-0.3, -0.25) is 0 Å². The van der Waals surface area contributed by atoms with E-state index in [2.05, 4.69) is 11.6 Å². The smallest absolute Gasteiger partial charge is 0.405 e. The molecule has 0 aromatic carbocycles. The van der Waals surface area contributed by atoms with E-state index in [1.54, 1.807) is 6.92 Å². The van der Waals surface area contributed by atoms with Crippen LogP contribution in [0.1, 0.15) is 30.8 Å². The number of carbonyl (C=O) groups excluding carboxylic acids is 1. The highest BCUT2D eigenvalue weighted by molar-refractivity contribution is 5.65. The van der Waals surface area contributed by atoms with Gasteiger partial charge in [-0.1, -0.05) is 13.5 Å². The molecule has 16 heavy (non-hydrogen) atoms. The highest BCUT2D eigenvalue weighted by Crippen LogP contribution is 2.22. The molecule has 1 heterocycles. The highest BCUT2D eigenvalue weighted by atomic mass is 19.1. The summed E-state index contributed by atoms with van der Waals surface area (Å²) in [6, 6.07) is 2.75. The molecule has 1 aromatic heterocycles. The lowest BCUT2D eigenvalue weighted by molar-refractivity contribution is 0.0993. The standard InChI is InChI=1S/C11H13FN2O2/c1-3-7-5-6-8(12)10(14-7)9(4-2)16-11(13)15/h3,5-6,9H,1,4H2,2H3,(H2,13,15). The Balaban J connectivity index is 3.07. The lowest BCUT2D eigenvalue weighted by Gasteiger charge is -2.15. The number of pyridine rings is 1. The van der Waals surface area contributed by atoms with E-state index in [-0.39, 0.29) is 5.69 Å². The van der Waals surface area contributed by atoms with E-state index in [1.807, 2.05) is 0 Å². The van der Waals surface area contributed by atoms with Crippen LogP contribution in [-0.4, -0.2) is 11.1 Å². The van der Waals surface area contributed by atoms with Crippen molar-refractivity contribution in [3.05, 3.63) is 35.9 Å². The summed E-state index contributed by atoms with van der Waals surface area (Å²) in [5, 5.41) is 0. The van der Waals surface area contributed by atoms with Crippen LogP contribution in [-0.2, 0) is 4.74 Å². The maximum absolute atomic E-state index is 13.5. The van der Waals surface area contributed by atoms with Gasteiger partial charge in [-0.2, -0.15) is 0 Å². The normalized spacial score (nSPS) is 11.9. The summed E-state index contributed by atoms with van der Waals surface area (Å²) >= 11 is 0. The predicted molar refractivity (Wildman–Crippen MR) is 58.0 cm³/mol. The first kappa shape index (κ1) is 12.2. The van der Waals surface area contributed by atoms with E-state index in [1.165, 1.54) is 18.2 Å². The minimum absolute atomic E-state index is 0.0682. The number of halogens is 1. The van der Waals surface area contributed by atoms with Gasteiger partial charge < -0.3 is 10.5 Å². The first-order valence-corrected chi connectivity index (χ1v) is 4.83. The Hall–Kier alpha value is -1.91. The molecular weight excluding hydrogens is 211 g/mol. The molecule has 0 fully saturated rings. The second-order valence-electron chi connectivity index (χ2n) is 3.14. The summed E-state index contributed by atoms with van der Waals surface area (Å²) in [6.07, 6.45) is 0.169. The lowest BCUT2D eigenvalue weighted by atomic mass is 10.1. The number of amides is 1. The average Bonchev–Trinajstić information content (AvgIpc) is 2.26. The molecule has 0 aliphatic rings. The molecule has 0 saturated carbocycles. The van der Waals surface area contributed by atoms with Crippen LogP contribution in [0.2, 0.25) is 0 Å². The Morgan fingerprint density at radius 3 is 2.94 bits per heavy atom. The predicted octanol–water partition coefficient (Wildman–Crippen LogP) is 2.41. The van der Waals surface area contributed by atoms with Gasteiger partial charge in [-0.15, -0.1) is 0 Å². The number of primary amides is 1. The molecule has 86 valence electrons. The number of carbonyl (C=O) groups is 1. The molecule has 1 amide bonds. The van der Waals surface area contributed by atoms with E-state index in [4.69, 9.17) is 10.5 Å². The maximum atomic E-state index is 13.5. The molecule has 0 bridgehead atoms. The molecule has 2 N–H and O–H groups in total. The minimum Gasteiger partial charge on any atom is -0.440 e. The quantitative estimate of drug-likeness (QED) is 0.854. The van der Waals surface area contributed by atoms with E-state index in [9.17, 15) is 9.18 Å². The van der Waals surface area contributed by atoms with Crippen molar-refractivity contribution in [3.8, 4) is 0 Å². The van der Waals surface area contributed by atoms with Crippen LogP contribution < -0.4 is 5.73 Å². The average molecular weight is 224 g/mol. The third kappa shape index (κ3) is 2.79. The van der Waals surface area contributed by atoms with Crippen LogP contribution in [0.3, 0.4) is 0 Å². The Kier molecular flexibility index (Phi) is 3.99. The van der Waals surface area contributed by atoms with Gasteiger partial charge in [-0.05, 0) is 24.6 Å². The largest absolute Gasteiger partial charge is 0.440 e. The summed E-state index contributed by atoms with van der Waals surface area (Å²) < 4.78 is 18.2. The monoisotopic (exact) mass is 224 g/mol. The fraction of sp³-hybridized carbons (Fsp3) is 0.273. The molecule has 4 nitrogen and oxygen atoms in total. The second-order valence-corrected chi connectivity index (χ2v) is 3.14. The van der Waals surface area contributed by atoms with Gasteiger partial charge in [0, 0.05) is 0 Å². The van der Waals surface area contributed by atoms with E-state index >= 15 is 0 Å². The number of hydrogen-bond acceptors (Lipinski definition) is 3. The fourth-order valence-electron chi connectivity index (χ4n) is 1.29. The number of nitrogens with two attached hydrogens (primary N) is 1. The lowest BCUT2D eigenvalue weighted by Crippen LogP contribution is -2.18. The van der Waals surface area contributed by atoms with Crippen molar-refractivity contribution >= 4 is 12.2 Å². The molecule has 0 spiro atoms. The van der Waals surface area contributed by atoms with Gasteiger partial charge in [0.05, 0.1) is 5.69 Å². The van der Waals surface area contributed by atoms with Crippen LogP contribution in [0.5, 0.6) is 0 Å². The van der Waals surface area contributed by atoms with Gasteiger partial charge in [0.15, 0.2) is 0 Å². The third-order valence-electron chi connectivity index (χ3n) is 2.04. The van der Waals surface area contributed by atoms with Crippen LogP contribution in [0.15, 0.2) is 18.7 Å². The van der Waals surface area contributed by atoms with Crippen LogP contribution in [0, 0.1) is 5.82 Å². The van der Waals surface area contributed by atoms with Gasteiger partial charge in [0.1, 0.15) is 17.6 Å². The number of rotatable bonds is 4. The molecule has 1 aromatic rings. The van der Waals surface area contributed by atoms with Crippen molar-refractivity contribution in [1.29, 1.82) is 0 Å². The zero-order chi connectivity index (χ0) is 12.1. The Bertz CT molecular complexity index is 407. The first-order valence-electron chi connectivity index (χ1n) is 4.83. The van der Waals surface area contributed by atoms with E-state index < -0.39 is 18.0 Å². The summed E-state index contributed by atoms with van der Waals surface area (Å²) in [5.41, 5.74) is 5.48. The molecule has 5 heteroatoms. The summed E-state index contributed by atoms with van der Waals surface area (Å²) in [5.74, 6) is -0.529. The van der Waals surface area contributed by atoms with Gasteiger partial charge in [0.2, 0.25) is 0 Å². The number of aromatic nitrogens is 1. The van der Waals surface area contributed by atoms with Gasteiger partial charge >= 0.3 is 6.09 Å². The molecular formula is C11H13FN2O2. The molecule has 1 unspecified atom stereocenters. The van der Waals surface area contributed by atoms with Crippen LogP contribution in [0.4, 0.5) is 9.18 Å². The summed E-state index contributed by atoms with van der Waals surface area (Å²) in [4.78, 5) is 14.6. The van der Waals surface area contributed by atoms with Crippen molar-refractivity contribution in [3.63, 3.8) is 0 Å². The van der Waals surface area contributed by atoms with Crippen molar-refractivity contribution < 1.29 is 13.9 Å². The third-order valence-corrected chi connectivity index (χ3v) is 2.04. The second kappa shape index (κ2) is 5.25. The molecule has 0 aliphatic carbocycles. The zero-order valence-corrected chi connectivity index (χ0v) is 8.94. The maximum Gasteiger partial charge on any atom is 0.405 e. The van der Waals surface area contributed by atoms with Crippen molar-refractivity contribution in [2.75, 3.05) is 0 Å². The molecule has 1 atom stereocenters. The van der Waals surface area contributed by atoms with Crippen molar-refractivity contribution in [2.45, 2.75) is 19.4 Å². The zero-order valence-electron chi connectivity index (χ0n) is 8.94. The van der Waals surface area contributed by atoms with E-state index in [0.29, 0.717) is 12.1 Å². The molecule has 0 saturated heterocycles. The molecule has 0 aliphatic heterocycles. The summed E-state index contributed by atoms with van der Waals surface area (Å²) in [6.45, 7) is 5.28. The Labute approximate surface area is 92.9 Å². The van der Waals surface area contributed by atoms with Gasteiger partial charge in [0.25, 0.3) is 0 Å². The SMILES string of the molecule is C=Cc1ccc(F)c(C(CC)OC(N)=O)n1. The molecule has 0 radical (unpaired) electrons. The number of ether oxygens (including phenoxy) is 1. The summed E-state index contributed by atoms with van der Waals surface area (Å²) in [7, 11) is 0. The molecule has 1 rings (SSSR count). The van der Waals surface area contributed by atoms with Crippen LogP contribution >= 0.6 is 0 Å². The van der Waals surface area contributed by atoms with E-state index in [0.717, 1.165) is 0 Å². The topological polar surface area (TPSA) is 65.2 Å². The van der Waals surface area contributed by atoms with Gasteiger partial charge in [-0.25, -0.2) is 14.2 Å². The van der Waals surface area contributed by atoms with Crippen molar-refractivity contribution in [1.82, 2.24) is 4.98 Å². The minimum atomic E-state index is -0.947. The first-order chi connectivity index (χ1) is 7.58. The number of nitrogens with zero attached hydrogens (tertiary/aromatic N) is 1. The Morgan fingerprint density at radius 2 is 2.44 bits per heavy atom. The fourth-order valence-corrected chi connectivity index (χ4v) is 1.29. The van der Waals surface area contributed by atoms with Crippen LogP contribution in [0.25, 0.3) is 6.08 Å². The number of hydrogen-bond donors (Lipinski definition) is 1. The van der Waals surface area contributed by atoms with Crippen molar-refractivity contribution in [2.24, 2.45) is 5.73 Å². The highest BCUT2D eigenvalue weighted by Gasteiger charge is 2.19.